The summed E-state index contributed by atoms with van der Waals surface area (Å²) < 4.78 is 13.6. The maximum Gasteiger partial charge on any atom is 0.131 e. The number of pyridine rings is 1. The van der Waals surface area contributed by atoms with Gasteiger partial charge in [0.2, 0.25) is 0 Å². The molecule has 1 aliphatic heterocycles. The van der Waals surface area contributed by atoms with Crippen molar-refractivity contribution < 1.29 is 9.47 Å². The molecule has 3 aromatic rings. The van der Waals surface area contributed by atoms with Crippen molar-refractivity contribution in [1.29, 1.82) is 0 Å². The predicted molar refractivity (Wildman–Crippen MR) is 93.7 cm³/mol. The maximum atomic E-state index is 5.93. The molecule has 0 bridgehead atoms. The lowest BCUT2D eigenvalue weighted by molar-refractivity contribution is 0.291. The topological polar surface area (TPSA) is 52.2 Å². The van der Waals surface area contributed by atoms with Crippen molar-refractivity contribution >= 4 is 0 Å². The highest BCUT2D eigenvalue weighted by Gasteiger charge is 2.34. The van der Waals surface area contributed by atoms with Crippen molar-refractivity contribution in [3.63, 3.8) is 0 Å². The van der Waals surface area contributed by atoms with E-state index in [9.17, 15) is 0 Å². The smallest absolute Gasteiger partial charge is 0.131 e. The second kappa shape index (κ2) is 6.94. The van der Waals surface area contributed by atoms with Crippen molar-refractivity contribution in [2.75, 3.05) is 13.2 Å². The molecule has 1 aliphatic rings. The van der Waals surface area contributed by atoms with Crippen LogP contribution in [0.1, 0.15) is 5.56 Å². The zero-order valence-electron chi connectivity index (χ0n) is 14.1. The Hall–Kier alpha value is -2.86. The molecule has 0 N–H and O–H groups in total. The van der Waals surface area contributed by atoms with E-state index in [1.54, 1.807) is 12.4 Å². The summed E-state index contributed by atoms with van der Waals surface area (Å²) in [5.41, 5.74) is 1.23. The minimum atomic E-state index is 0.463. The number of hydrogen-bond acceptors (Lipinski definition) is 5. The van der Waals surface area contributed by atoms with Crippen molar-refractivity contribution in [3.8, 4) is 17.2 Å². The number of nitrogens with zero attached hydrogens (tertiary/aromatic N) is 4. The molecular weight excluding hydrogens is 316 g/mol. The monoisotopic (exact) mass is 336 g/mol. The molecule has 1 aromatic carbocycles. The molecule has 4 rings (SSSR count). The molecule has 25 heavy (non-hydrogen) atoms. The van der Waals surface area contributed by atoms with Crippen LogP contribution in [0.2, 0.25) is 0 Å². The van der Waals surface area contributed by atoms with Crippen molar-refractivity contribution in [1.82, 2.24) is 19.7 Å². The second-order valence-corrected chi connectivity index (χ2v) is 6.18. The Morgan fingerprint density at radius 1 is 1.12 bits per heavy atom. The summed E-state index contributed by atoms with van der Waals surface area (Å²) in [7, 11) is 1.94. The summed E-state index contributed by atoms with van der Waals surface area (Å²) in [6.45, 7) is 2.66. The molecule has 0 spiro atoms. The molecule has 0 amide bonds. The first-order chi connectivity index (χ1) is 12.3. The van der Waals surface area contributed by atoms with Crippen molar-refractivity contribution in [2.45, 2.75) is 12.6 Å². The second-order valence-electron chi connectivity index (χ2n) is 6.18. The Bertz CT molecular complexity index is 834. The first-order valence-electron chi connectivity index (χ1n) is 8.28. The van der Waals surface area contributed by atoms with Crippen LogP contribution in [0.15, 0.2) is 61.2 Å². The number of aryl methyl sites for hydroxylation is 1. The lowest BCUT2D eigenvalue weighted by atomic mass is 10.3. The van der Waals surface area contributed by atoms with Crippen LogP contribution in [0.5, 0.6) is 17.2 Å². The van der Waals surface area contributed by atoms with Gasteiger partial charge in [0.25, 0.3) is 0 Å². The molecule has 6 heteroatoms. The number of benzene rings is 1. The minimum absolute atomic E-state index is 0.463. The molecule has 3 heterocycles. The van der Waals surface area contributed by atoms with Crippen molar-refractivity contribution in [3.05, 3.63) is 66.7 Å². The fraction of sp³-hybridized carbons (Fsp3) is 0.263. The summed E-state index contributed by atoms with van der Waals surface area (Å²) in [6, 6.07) is 11.8. The lowest BCUT2D eigenvalue weighted by Gasteiger charge is -2.09. The first-order valence-corrected chi connectivity index (χ1v) is 8.28. The standard InChI is InChI=1S/C19H20N4O2/c1-22-11-15(10-21-22)12-23-13-16(23)14-24-18-3-2-4-19(9-18)25-17-5-7-20-8-6-17/h2-11,16H,12-14H2,1H3. The largest absolute Gasteiger partial charge is 0.492 e. The Morgan fingerprint density at radius 2 is 1.96 bits per heavy atom. The highest BCUT2D eigenvalue weighted by molar-refractivity contribution is 5.36. The third-order valence-corrected chi connectivity index (χ3v) is 4.11. The van der Waals surface area contributed by atoms with Crippen LogP contribution in [-0.4, -0.2) is 38.9 Å². The zero-order valence-corrected chi connectivity index (χ0v) is 14.1. The first kappa shape index (κ1) is 15.7. The van der Waals surface area contributed by atoms with Gasteiger partial charge in [-0.15, -0.1) is 0 Å². The Balaban J connectivity index is 1.28. The van der Waals surface area contributed by atoms with Crippen molar-refractivity contribution in [2.24, 2.45) is 7.05 Å². The fourth-order valence-corrected chi connectivity index (χ4v) is 2.73. The van der Waals surface area contributed by atoms with Gasteiger partial charge in [0, 0.05) is 50.4 Å². The molecule has 0 aliphatic carbocycles. The van der Waals surface area contributed by atoms with Gasteiger partial charge in [0.1, 0.15) is 23.9 Å². The normalized spacial score (nSPS) is 18.8. The van der Waals surface area contributed by atoms with E-state index in [1.807, 2.05) is 54.3 Å². The third kappa shape index (κ3) is 4.16. The van der Waals surface area contributed by atoms with Crippen LogP contribution in [-0.2, 0) is 13.6 Å². The number of aromatic nitrogens is 3. The van der Waals surface area contributed by atoms with Gasteiger partial charge in [-0.1, -0.05) is 6.07 Å². The molecule has 2 aromatic heterocycles. The predicted octanol–water partition coefficient (Wildman–Crippen LogP) is 2.87. The number of rotatable bonds is 7. The van der Waals surface area contributed by atoms with E-state index in [-0.39, 0.29) is 0 Å². The van der Waals surface area contributed by atoms with Gasteiger partial charge in [-0.3, -0.25) is 14.6 Å². The van der Waals surface area contributed by atoms with Crippen LogP contribution in [0, 0.1) is 0 Å². The third-order valence-electron chi connectivity index (χ3n) is 4.11. The number of ether oxygens (including phenoxy) is 2. The van der Waals surface area contributed by atoms with Gasteiger partial charge >= 0.3 is 0 Å². The van der Waals surface area contributed by atoms with E-state index >= 15 is 0 Å². The summed E-state index contributed by atoms with van der Waals surface area (Å²) in [5.74, 6) is 2.34. The van der Waals surface area contributed by atoms with Crippen LogP contribution >= 0.6 is 0 Å². The number of hydrogen-bond donors (Lipinski definition) is 0. The molecule has 0 radical (unpaired) electrons. The molecule has 2 unspecified atom stereocenters. The lowest BCUT2D eigenvalue weighted by Crippen LogP contribution is -2.10. The van der Waals surface area contributed by atoms with E-state index in [0.29, 0.717) is 12.6 Å². The van der Waals surface area contributed by atoms with Gasteiger partial charge < -0.3 is 9.47 Å². The van der Waals surface area contributed by atoms with E-state index in [0.717, 1.165) is 30.3 Å². The summed E-state index contributed by atoms with van der Waals surface area (Å²) >= 11 is 0. The molecule has 6 nitrogen and oxygen atoms in total. The van der Waals surface area contributed by atoms with Gasteiger partial charge in [-0.2, -0.15) is 5.10 Å². The van der Waals surface area contributed by atoms with Crippen LogP contribution in [0.4, 0.5) is 0 Å². The van der Waals surface area contributed by atoms with E-state index in [2.05, 4.69) is 21.2 Å². The SMILES string of the molecule is Cn1cc(CN2CC2COc2cccc(Oc3ccncc3)c2)cn1. The molecule has 0 saturated carbocycles. The van der Waals surface area contributed by atoms with Crippen LogP contribution < -0.4 is 9.47 Å². The van der Waals surface area contributed by atoms with E-state index < -0.39 is 0 Å². The van der Waals surface area contributed by atoms with Gasteiger partial charge in [0.05, 0.1) is 12.2 Å². The Kier molecular flexibility index (Phi) is 4.35. The zero-order chi connectivity index (χ0) is 17.1. The molecule has 2 atom stereocenters. The molecule has 1 fully saturated rings. The van der Waals surface area contributed by atoms with Gasteiger partial charge in [-0.25, -0.2) is 0 Å². The quantitative estimate of drug-likeness (QED) is 0.621. The fourth-order valence-electron chi connectivity index (χ4n) is 2.73. The molecule has 128 valence electrons. The van der Waals surface area contributed by atoms with E-state index in [1.165, 1.54) is 5.56 Å². The van der Waals surface area contributed by atoms with E-state index in [4.69, 9.17) is 9.47 Å². The minimum Gasteiger partial charge on any atom is -0.492 e. The highest BCUT2D eigenvalue weighted by Crippen LogP contribution is 2.26. The Labute approximate surface area is 146 Å². The van der Waals surface area contributed by atoms with Gasteiger partial charge in [-0.05, 0) is 24.3 Å². The summed E-state index contributed by atoms with van der Waals surface area (Å²) in [4.78, 5) is 6.35. The molecular formula is C19H20N4O2. The van der Waals surface area contributed by atoms with Crippen LogP contribution in [0.25, 0.3) is 0 Å². The summed E-state index contributed by atoms with van der Waals surface area (Å²) in [5, 5.41) is 4.20. The van der Waals surface area contributed by atoms with Gasteiger partial charge in [0.15, 0.2) is 0 Å². The van der Waals surface area contributed by atoms with Crippen LogP contribution in [0.3, 0.4) is 0 Å². The highest BCUT2D eigenvalue weighted by atomic mass is 16.5. The maximum absolute atomic E-state index is 5.93. The summed E-state index contributed by atoms with van der Waals surface area (Å²) in [6.07, 6.45) is 7.38. The Morgan fingerprint density at radius 3 is 2.76 bits per heavy atom. The molecule has 1 saturated heterocycles. The average molecular weight is 336 g/mol. The average Bonchev–Trinajstić information content (AvgIpc) is 3.24.